The number of methoxy groups -OCH3 is 1. The molecule has 0 fully saturated rings. The van der Waals surface area contributed by atoms with E-state index < -0.39 is 29.9 Å². The molecular formula is C16H21ClN2O5. The minimum atomic E-state index is -1.22. The molecule has 24 heavy (non-hydrogen) atoms. The molecule has 0 saturated carbocycles. The summed E-state index contributed by atoms with van der Waals surface area (Å²) in [5, 5.41) is 14.3. The summed E-state index contributed by atoms with van der Waals surface area (Å²) in [4.78, 5) is 35.8. The molecule has 2 atom stereocenters. The molecule has 7 nitrogen and oxygen atoms in total. The van der Waals surface area contributed by atoms with Crippen LogP contribution in [0.4, 0.5) is 0 Å². The second-order valence-corrected chi connectivity index (χ2v) is 5.94. The van der Waals surface area contributed by atoms with Crippen molar-refractivity contribution < 1.29 is 24.2 Å². The number of halogens is 1. The zero-order valence-corrected chi connectivity index (χ0v) is 14.5. The Hall–Kier alpha value is -2.12. The van der Waals surface area contributed by atoms with Gasteiger partial charge in [-0.05, 0) is 18.1 Å². The van der Waals surface area contributed by atoms with Gasteiger partial charge in [0.2, 0.25) is 5.91 Å². The maximum atomic E-state index is 12.3. The summed E-state index contributed by atoms with van der Waals surface area (Å²) in [7, 11) is 1.33. The minimum absolute atomic E-state index is 0.176. The normalized spacial score (nSPS) is 13.2. The van der Waals surface area contributed by atoms with Crippen molar-refractivity contribution in [2.75, 3.05) is 13.7 Å². The molecule has 0 radical (unpaired) electrons. The summed E-state index contributed by atoms with van der Waals surface area (Å²) in [6, 6.07) is 4.35. The van der Waals surface area contributed by atoms with E-state index in [-0.39, 0.29) is 23.1 Å². The van der Waals surface area contributed by atoms with Gasteiger partial charge >= 0.3 is 5.97 Å². The van der Waals surface area contributed by atoms with Gasteiger partial charge in [0.05, 0.1) is 17.2 Å². The molecule has 0 spiro atoms. The monoisotopic (exact) mass is 356 g/mol. The van der Waals surface area contributed by atoms with E-state index in [0.29, 0.717) is 0 Å². The van der Waals surface area contributed by atoms with E-state index in [1.165, 1.54) is 13.2 Å². The summed E-state index contributed by atoms with van der Waals surface area (Å²) in [6.45, 7) is 3.30. The fourth-order valence-corrected chi connectivity index (χ4v) is 2.22. The first-order valence-corrected chi connectivity index (χ1v) is 7.73. The number of hydrogen-bond donors (Lipinski definition) is 3. The van der Waals surface area contributed by atoms with Crippen molar-refractivity contribution in [3.05, 3.63) is 34.9 Å². The average molecular weight is 357 g/mol. The van der Waals surface area contributed by atoms with Crippen LogP contribution in [0.1, 0.15) is 24.2 Å². The highest BCUT2D eigenvalue weighted by Gasteiger charge is 2.29. The molecule has 0 saturated heterocycles. The largest absolute Gasteiger partial charge is 0.480 e. The second kappa shape index (κ2) is 9.24. The van der Waals surface area contributed by atoms with Gasteiger partial charge in [-0.2, -0.15) is 0 Å². The highest BCUT2D eigenvalue weighted by atomic mass is 35.5. The van der Waals surface area contributed by atoms with Crippen molar-refractivity contribution in [3.8, 4) is 0 Å². The van der Waals surface area contributed by atoms with Gasteiger partial charge in [-0.1, -0.05) is 37.6 Å². The van der Waals surface area contributed by atoms with Gasteiger partial charge in [0.25, 0.3) is 5.91 Å². The van der Waals surface area contributed by atoms with Gasteiger partial charge in [0.1, 0.15) is 6.04 Å². The number of aliphatic carboxylic acids is 1. The van der Waals surface area contributed by atoms with Crippen molar-refractivity contribution in [1.29, 1.82) is 0 Å². The summed E-state index contributed by atoms with van der Waals surface area (Å²) in [5.74, 6) is -2.58. The molecule has 2 unspecified atom stereocenters. The van der Waals surface area contributed by atoms with Crippen molar-refractivity contribution in [2.45, 2.75) is 25.9 Å². The molecule has 8 heteroatoms. The standard InChI is InChI=1S/C16H21ClN2O5/c1-9(2)13(15(21)18-12(8-24-3)16(22)23)19-14(20)10-6-4-5-7-11(10)17/h4-7,9,12-13H,8H2,1-3H3,(H,18,21)(H,19,20)(H,22,23). The van der Waals surface area contributed by atoms with Crippen molar-refractivity contribution >= 4 is 29.4 Å². The molecule has 0 bridgehead atoms. The maximum absolute atomic E-state index is 12.3. The number of ether oxygens (including phenoxy) is 1. The molecule has 0 aliphatic carbocycles. The molecule has 0 heterocycles. The third-order valence-corrected chi connectivity index (χ3v) is 3.63. The average Bonchev–Trinajstić information content (AvgIpc) is 2.51. The molecular weight excluding hydrogens is 336 g/mol. The number of hydrogen-bond acceptors (Lipinski definition) is 4. The van der Waals surface area contributed by atoms with Crippen LogP contribution < -0.4 is 10.6 Å². The number of carboxylic acids is 1. The Kier molecular flexibility index (Phi) is 7.67. The molecule has 0 aromatic heterocycles. The van der Waals surface area contributed by atoms with Crippen molar-refractivity contribution in [2.24, 2.45) is 5.92 Å². The Bertz CT molecular complexity index is 606. The fraction of sp³-hybridized carbons (Fsp3) is 0.438. The predicted octanol–water partition coefficient (Wildman–Crippen LogP) is 1.31. The number of carbonyl (C=O) groups is 3. The molecule has 3 N–H and O–H groups in total. The van der Waals surface area contributed by atoms with E-state index in [1.807, 2.05) is 0 Å². The Balaban J connectivity index is 2.86. The third-order valence-electron chi connectivity index (χ3n) is 3.30. The number of carboxylic acid groups (broad SMARTS) is 1. The SMILES string of the molecule is COCC(NC(=O)C(NC(=O)c1ccccc1Cl)C(C)C)C(=O)O. The number of carbonyl (C=O) groups excluding carboxylic acids is 2. The van der Waals surface area contributed by atoms with Gasteiger partial charge in [0, 0.05) is 7.11 Å². The van der Waals surface area contributed by atoms with Crippen LogP contribution in [-0.4, -0.2) is 48.7 Å². The first-order chi connectivity index (χ1) is 11.3. The van der Waals surface area contributed by atoms with Crippen LogP contribution in [0.2, 0.25) is 5.02 Å². The van der Waals surface area contributed by atoms with E-state index >= 15 is 0 Å². The first kappa shape index (κ1) is 19.9. The van der Waals surface area contributed by atoms with Crippen LogP contribution in [0.25, 0.3) is 0 Å². The maximum Gasteiger partial charge on any atom is 0.328 e. The molecule has 132 valence electrons. The highest BCUT2D eigenvalue weighted by molar-refractivity contribution is 6.33. The van der Waals surface area contributed by atoms with Crippen LogP contribution in [0.3, 0.4) is 0 Å². The zero-order valence-electron chi connectivity index (χ0n) is 13.7. The van der Waals surface area contributed by atoms with E-state index in [9.17, 15) is 14.4 Å². The second-order valence-electron chi connectivity index (χ2n) is 5.53. The lowest BCUT2D eigenvalue weighted by Crippen LogP contribution is -2.54. The minimum Gasteiger partial charge on any atom is -0.480 e. The van der Waals surface area contributed by atoms with Crippen molar-refractivity contribution in [3.63, 3.8) is 0 Å². The molecule has 1 aromatic rings. The number of rotatable bonds is 8. The van der Waals surface area contributed by atoms with Gasteiger partial charge in [-0.15, -0.1) is 0 Å². The Morgan fingerprint density at radius 2 is 1.83 bits per heavy atom. The molecule has 2 amide bonds. The van der Waals surface area contributed by atoms with Gasteiger partial charge in [-0.3, -0.25) is 9.59 Å². The lowest BCUT2D eigenvalue weighted by molar-refractivity contribution is -0.143. The Morgan fingerprint density at radius 3 is 2.33 bits per heavy atom. The van der Waals surface area contributed by atoms with Crippen LogP contribution >= 0.6 is 11.6 Å². The third kappa shape index (κ3) is 5.50. The highest BCUT2D eigenvalue weighted by Crippen LogP contribution is 2.15. The van der Waals surface area contributed by atoms with Crippen LogP contribution in [0.15, 0.2) is 24.3 Å². The van der Waals surface area contributed by atoms with Crippen LogP contribution in [-0.2, 0) is 14.3 Å². The molecule has 1 rings (SSSR count). The van der Waals surface area contributed by atoms with Crippen LogP contribution in [0, 0.1) is 5.92 Å². The summed E-state index contributed by atoms with van der Waals surface area (Å²) in [6.07, 6.45) is 0. The Labute approximate surface area is 145 Å². The van der Waals surface area contributed by atoms with E-state index in [2.05, 4.69) is 10.6 Å². The Morgan fingerprint density at radius 1 is 1.21 bits per heavy atom. The zero-order chi connectivity index (χ0) is 18.3. The van der Waals surface area contributed by atoms with E-state index in [4.69, 9.17) is 21.4 Å². The fourth-order valence-electron chi connectivity index (χ4n) is 2.00. The number of nitrogens with one attached hydrogen (secondary N) is 2. The van der Waals surface area contributed by atoms with Gasteiger partial charge < -0.3 is 20.5 Å². The predicted molar refractivity (Wildman–Crippen MR) is 89.0 cm³/mol. The molecule has 0 aliphatic heterocycles. The summed E-state index contributed by atoms with van der Waals surface area (Å²) >= 11 is 5.97. The van der Waals surface area contributed by atoms with Gasteiger partial charge in [0.15, 0.2) is 6.04 Å². The van der Waals surface area contributed by atoms with Gasteiger partial charge in [-0.25, -0.2) is 4.79 Å². The molecule has 1 aromatic carbocycles. The molecule has 0 aliphatic rings. The summed E-state index contributed by atoms with van der Waals surface area (Å²) < 4.78 is 4.77. The quantitative estimate of drug-likeness (QED) is 0.651. The lowest BCUT2D eigenvalue weighted by Gasteiger charge is -2.24. The smallest absolute Gasteiger partial charge is 0.328 e. The van der Waals surface area contributed by atoms with E-state index in [0.717, 1.165) is 0 Å². The number of amides is 2. The summed E-state index contributed by atoms with van der Waals surface area (Å²) in [5.41, 5.74) is 0.240. The number of benzene rings is 1. The first-order valence-electron chi connectivity index (χ1n) is 7.35. The van der Waals surface area contributed by atoms with E-state index in [1.54, 1.807) is 32.0 Å². The van der Waals surface area contributed by atoms with Crippen LogP contribution in [0.5, 0.6) is 0 Å². The topological polar surface area (TPSA) is 105 Å². The lowest BCUT2D eigenvalue weighted by atomic mass is 10.0. The van der Waals surface area contributed by atoms with Crippen molar-refractivity contribution in [1.82, 2.24) is 10.6 Å².